The fourth-order valence-corrected chi connectivity index (χ4v) is 3.51. The lowest BCUT2D eigenvalue weighted by Gasteiger charge is -2.42. The van der Waals surface area contributed by atoms with Crippen LogP contribution in [0.4, 0.5) is 0 Å². The highest BCUT2D eigenvalue weighted by molar-refractivity contribution is 7.10. The molecule has 1 aromatic heterocycles. The Hall–Kier alpha value is -0.380. The fourth-order valence-electron chi connectivity index (χ4n) is 2.78. The predicted molar refractivity (Wildman–Crippen MR) is 73.5 cm³/mol. The van der Waals surface area contributed by atoms with Gasteiger partial charge >= 0.3 is 0 Å². The molecule has 17 heavy (non-hydrogen) atoms. The van der Waals surface area contributed by atoms with Gasteiger partial charge in [0.25, 0.3) is 0 Å². The summed E-state index contributed by atoms with van der Waals surface area (Å²) in [4.78, 5) is 3.74. The number of hydrogen-bond donors (Lipinski definition) is 1. The van der Waals surface area contributed by atoms with E-state index < -0.39 is 0 Å². The highest BCUT2D eigenvalue weighted by Crippen LogP contribution is 2.37. The van der Waals surface area contributed by atoms with Crippen molar-refractivity contribution in [1.29, 1.82) is 0 Å². The first-order valence-electron chi connectivity index (χ1n) is 6.56. The van der Waals surface area contributed by atoms with E-state index in [1.807, 2.05) is 0 Å². The first kappa shape index (κ1) is 13.1. The number of rotatable bonds is 4. The van der Waals surface area contributed by atoms with E-state index in [0.29, 0.717) is 0 Å². The lowest BCUT2D eigenvalue weighted by atomic mass is 9.86. The smallest absolute Gasteiger partial charge is 0.0978 e. The molecule has 2 rings (SSSR count). The van der Waals surface area contributed by atoms with Crippen LogP contribution < -0.4 is 0 Å². The predicted octanol–water partition coefficient (Wildman–Crippen LogP) is 3.35. The van der Waals surface area contributed by atoms with Crippen molar-refractivity contribution in [2.75, 3.05) is 13.1 Å². The Morgan fingerprint density at radius 3 is 2.59 bits per heavy atom. The van der Waals surface area contributed by atoms with Gasteiger partial charge in [0.2, 0.25) is 0 Å². The van der Waals surface area contributed by atoms with Crippen molar-refractivity contribution in [3.05, 3.63) is 21.9 Å². The van der Waals surface area contributed by atoms with Gasteiger partial charge in [-0.05, 0) is 63.2 Å². The minimum absolute atomic E-state index is 0.107. The molecule has 1 N–H and O–H groups in total. The number of nitrogens with zero attached hydrogens (tertiary/aromatic N) is 1. The van der Waals surface area contributed by atoms with Crippen LogP contribution in [0.15, 0.2) is 11.4 Å². The summed E-state index contributed by atoms with van der Waals surface area (Å²) in [6, 6.07) is 2.12. The molecule has 0 radical (unpaired) electrons. The zero-order valence-corrected chi connectivity index (χ0v) is 11.9. The van der Waals surface area contributed by atoms with E-state index in [1.165, 1.54) is 17.7 Å². The third-order valence-electron chi connectivity index (χ3n) is 4.20. The van der Waals surface area contributed by atoms with Gasteiger partial charge in [0.05, 0.1) is 6.10 Å². The molecule has 1 aliphatic heterocycles. The zero-order chi connectivity index (χ0) is 12.5. The van der Waals surface area contributed by atoms with E-state index in [1.54, 1.807) is 11.3 Å². The van der Waals surface area contributed by atoms with Gasteiger partial charge in [-0.1, -0.05) is 6.92 Å². The van der Waals surface area contributed by atoms with Crippen LogP contribution in [0.2, 0.25) is 0 Å². The minimum Gasteiger partial charge on any atom is -0.386 e. The van der Waals surface area contributed by atoms with Crippen molar-refractivity contribution in [3.8, 4) is 0 Å². The number of aryl methyl sites for hydroxylation is 1. The molecule has 0 aliphatic carbocycles. The van der Waals surface area contributed by atoms with Crippen LogP contribution in [0.25, 0.3) is 0 Å². The third-order valence-corrected chi connectivity index (χ3v) is 5.08. The van der Waals surface area contributed by atoms with Crippen molar-refractivity contribution in [1.82, 2.24) is 4.90 Å². The summed E-state index contributed by atoms with van der Waals surface area (Å²) in [6.07, 6.45) is 3.16. The van der Waals surface area contributed by atoms with E-state index in [-0.39, 0.29) is 11.6 Å². The summed E-state index contributed by atoms with van der Waals surface area (Å²) >= 11 is 1.72. The zero-order valence-electron chi connectivity index (χ0n) is 11.1. The standard InChI is InChI=1S/C14H23NOS/c1-4-14(3,15-7-5-6-8-15)13(16)12-9-11(2)17-10-12/h9-10,13,16H,4-8H2,1-3H3. The van der Waals surface area contributed by atoms with Gasteiger partial charge in [0, 0.05) is 10.4 Å². The third kappa shape index (κ3) is 2.42. The van der Waals surface area contributed by atoms with Gasteiger partial charge in [-0.2, -0.15) is 0 Å². The number of aliphatic hydroxyl groups is 1. The van der Waals surface area contributed by atoms with Crippen molar-refractivity contribution >= 4 is 11.3 Å². The molecule has 1 fully saturated rings. The molecule has 3 heteroatoms. The Morgan fingerprint density at radius 2 is 2.12 bits per heavy atom. The average molecular weight is 253 g/mol. The van der Waals surface area contributed by atoms with Crippen molar-refractivity contribution in [2.24, 2.45) is 0 Å². The Labute approximate surface area is 108 Å². The van der Waals surface area contributed by atoms with Crippen LogP contribution in [0.3, 0.4) is 0 Å². The van der Waals surface area contributed by atoms with Crippen molar-refractivity contribution in [2.45, 2.75) is 51.7 Å². The van der Waals surface area contributed by atoms with Crippen LogP contribution in [0, 0.1) is 6.92 Å². The molecule has 0 spiro atoms. The Morgan fingerprint density at radius 1 is 1.47 bits per heavy atom. The summed E-state index contributed by atoms with van der Waals surface area (Å²) in [5.74, 6) is 0. The van der Waals surface area contributed by atoms with Crippen LogP contribution in [-0.2, 0) is 0 Å². The van der Waals surface area contributed by atoms with Crippen LogP contribution in [-0.4, -0.2) is 28.6 Å². The van der Waals surface area contributed by atoms with Gasteiger partial charge in [-0.25, -0.2) is 0 Å². The number of likely N-dealkylation sites (tertiary alicyclic amines) is 1. The summed E-state index contributed by atoms with van der Waals surface area (Å²) in [5.41, 5.74) is 0.980. The van der Waals surface area contributed by atoms with Gasteiger partial charge in [0.15, 0.2) is 0 Å². The van der Waals surface area contributed by atoms with E-state index in [4.69, 9.17) is 0 Å². The minimum atomic E-state index is -0.365. The number of hydrogen-bond acceptors (Lipinski definition) is 3. The molecule has 2 nitrogen and oxygen atoms in total. The maximum Gasteiger partial charge on any atom is 0.0978 e. The normalized spacial score (nSPS) is 22.6. The fraction of sp³-hybridized carbons (Fsp3) is 0.714. The molecule has 2 heterocycles. The van der Waals surface area contributed by atoms with Crippen molar-refractivity contribution in [3.63, 3.8) is 0 Å². The van der Waals surface area contributed by atoms with Gasteiger partial charge in [0.1, 0.15) is 0 Å². The quantitative estimate of drug-likeness (QED) is 0.889. The molecule has 96 valence electrons. The molecule has 1 aliphatic rings. The highest BCUT2D eigenvalue weighted by atomic mass is 32.1. The van der Waals surface area contributed by atoms with Crippen LogP contribution in [0.5, 0.6) is 0 Å². The Kier molecular flexibility index (Phi) is 3.91. The van der Waals surface area contributed by atoms with Gasteiger partial charge in [-0.3, -0.25) is 4.90 Å². The second-order valence-corrected chi connectivity index (χ2v) is 6.41. The maximum atomic E-state index is 10.7. The molecule has 1 saturated heterocycles. The topological polar surface area (TPSA) is 23.5 Å². The largest absolute Gasteiger partial charge is 0.386 e. The lowest BCUT2D eigenvalue weighted by molar-refractivity contribution is -0.0137. The van der Waals surface area contributed by atoms with E-state index in [2.05, 4.69) is 37.1 Å². The molecule has 0 bridgehead atoms. The van der Waals surface area contributed by atoms with E-state index in [0.717, 1.165) is 25.1 Å². The second kappa shape index (κ2) is 5.09. The van der Waals surface area contributed by atoms with E-state index >= 15 is 0 Å². The molecule has 0 aromatic carbocycles. The summed E-state index contributed by atoms with van der Waals surface area (Å²) in [7, 11) is 0. The molecule has 1 aromatic rings. The van der Waals surface area contributed by atoms with Gasteiger partial charge < -0.3 is 5.11 Å². The second-order valence-electron chi connectivity index (χ2n) is 5.30. The van der Waals surface area contributed by atoms with Crippen LogP contribution >= 0.6 is 11.3 Å². The Balaban J connectivity index is 2.21. The lowest BCUT2D eigenvalue weighted by Crippen LogP contribution is -2.48. The SMILES string of the molecule is CCC(C)(C(O)c1csc(C)c1)N1CCCC1. The molecular weight excluding hydrogens is 230 g/mol. The average Bonchev–Trinajstić information content (AvgIpc) is 2.97. The molecule has 0 amide bonds. The first-order chi connectivity index (χ1) is 8.08. The van der Waals surface area contributed by atoms with Crippen molar-refractivity contribution < 1.29 is 5.11 Å². The Bertz CT molecular complexity index is 370. The number of thiophene rings is 1. The maximum absolute atomic E-state index is 10.7. The van der Waals surface area contributed by atoms with Crippen LogP contribution in [0.1, 0.15) is 49.7 Å². The van der Waals surface area contributed by atoms with Gasteiger partial charge in [-0.15, -0.1) is 11.3 Å². The molecule has 2 unspecified atom stereocenters. The summed E-state index contributed by atoms with van der Waals surface area (Å²) < 4.78 is 0. The molecular formula is C14H23NOS. The van der Waals surface area contributed by atoms with E-state index in [9.17, 15) is 5.11 Å². The first-order valence-corrected chi connectivity index (χ1v) is 7.44. The summed E-state index contributed by atoms with van der Waals surface area (Å²) in [6.45, 7) is 8.74. The molecule has 2 atom stereocenters. The monoisotopic (exact) mass is 253 g/mol. The highest BCUT2D eigenvalue weighted by Gasteiger charge is 2.39. The number of aliphatic hydroxyl groups excluding tert-OH is 1. The molecule has 0 saturated carbocycles. The summed E-state index contributed by atoms with van der Waals surface area (Å²) in [5, 5.41) is 12.8.